The first-order chi connectivity index (χ1) is 6.74. The second-order valence-corrected chi connectivity index (χ2v) is 3.03. The predicted molar refractivity (Wildman–Crippen MR) is 54.9 cm³/mol. The lowest BCUT2D eigenvalue weighted by Gasteiger charge is -2.07. The summed E-state index contributed by atoms with van der Waals surface area (Å²) in [7, 11) is 1.51. The van der Waals surface area contributed by atoms with Crippen molar-refractivity contribution in [2.24, 2.45) is 0 Å². The second-order valence-electron chi connectivity index (χ2n) is 3.03. The van der Waals surface area contributed by atoms with E-state index in [-0.39, 0.29) is 5.69 Å². The number of rotatable bonds is 1. The van der Waals surface area contributed by atoms with Gasteiger partial charge in [0.25, 0.3) is 0 Å². The molecule has 0 fully saturated rings. The fourth-order valence-electron chi connectivity index (χ4n) is 1.49. The first kappa shape index (κ1) is 8.81. The molecule has 3 heteroatoms. The minimum Gasteiger partial charge on any atom is -0.496 e. The quantitative estimate of drug-likeness (QED) is 0.703. The van der Waals surface area contributed by atoms with Crippen LogP contribution in [-0.2, 0) is 0 Å². The molecular weight excluding hydrogens is 181 g/mol. The molecule has 0 saturated carbocycles. The van der Waals surface area contributed by atoms with Crippen LogP contribution in [0.4, 0.5) is 10.1 Å². The number of hydrogen-bond donors (Lipinski definition) is 1. The molecule has 0 heterocycles. The van der Waals surface area contributed by atoms with Gasteiger partial charge in [-0.2, -0.15) is 0 Å². The molecule has 0 radical (unpaired) electrons. The zero-order valence-electron chi connectivity index (χ0n) is 7.75. The van der Waals surface area contributed by atoms with Crippen LogP contribution < -0.4 is 10.5 Å². The summed E-state index contributed by atoms with van der Waals surface area (Å²) in [6, 6.07) is 8.68. The van der Waals surface area contributed by atoms with E-state index in [4.69, 9.17) is 10.5 Å². The molecule has 2 aromatic rings. The monoisotopic (exact) mass is 191 g/mol. The molecule has 0 bridgehead atoms. The Morgan fingerprint density at radius 1 is 1.21 bits per heavy atom. The standard InChI is InChI=1S/C11H10FNO/c1-14-9-4-2-3-7-5-6-8(13)11(12)10(7)9/h2-6H,13H2,1H3. The van der Waals surface area contributed by atoms with Crippen LogP contribution in [0.3, 0.4) is 0 Å². The second kappa shape index (κ2) is 3.18. The summed E-state index contributed by atoms with van der Waals surface area (Å²) >= 11 is 0. The van der Waals surface area contributed by atoms with E-state index in [9.17, 15) is 4.39 Å². The van der Waals surface area contributed by atoms with Crippen LogP contribution in [0.15, 0.2) is 30.3 Å². The van der Waals surface area contributed by atoms with Crippen LogP contribution in [-0.4, -0.2) is 7.11 Å². The molecule has 0 aliphatic rings. The van der Waals surface area contributed by atoms with E-state index in [2.05, 4.69) is 0 Å². The van der Waals surface area contributed by atoms with Crippen LogP contribution in [0.25, 0.3) is 10.8 Å². The van der Waals surface area contributed by atoms with E-state index < -0.39 is 5.82 Å². The van der Waals surface area contributed by atoms with Gasteiger partial charge < -0.3 is 10.5 Å². The molecule has 0 amide bonds. The number of methoxy groups -OCH3 is 1. The molecule has 0 saturated heterocycles. The molecule has 2 nitrogen and oxygen atoms in total. The van der Waals surface area contributed by atoms with Crippen molar-refractivity contribution in [1.29, 1.82) is 0 Å². The van der Waals surface area contributed by atoms with Gasteiger partial charge in [-0.3, -0.25) is 0 Å². The Labute approximate surface area is 81.1 Å². The van der Waals surface area contributed by atoms with Gasteiger partial charge in [0.2, 0.25) is 0 Å². The van der Waals surface area contributed by atoms with Gasteiger partial charge in [-0.15, -0.1) is 0 Å². The Balaban J connectivity index is 2.89. The van der Waals surface area contributed by atoms with E-state index >= 15 is 0 Å². The van der Waals surface area contributed by atoms with Gasteiger partial charge in [0, 0.05) is 0 Å². The minimum atomic E-state index is -0.417. The van der Waals surface area contributed by atoms with E-state index in [0.29, 0.717) is 11.1 Å². The van der Waals surface area contributed by atoms with E-state index in [1.54, 1.807) is 18.2 Å². The van der Waals surface area contributed by atoms with Gasteiger partial charge in [0.05, 0.1) is 18.2 Å². The minimum absolute atomic E-state index is 0.141. The number of ether oxygens (including phenoxy) is 1. The molecule has 2 rings (SSSR count). The first-order valence-electron chi connectivity index (χ1n) is 4.24. The number of halogens is 1. The summed E-state index contributed by atoms with van der Waals surface area (Å²) in [4.78, 5) is 0. The highest BCUT2D eigenvalue weighted by atomic mass is 19.1. The third kappa shape index (κ3) is 1.18. The maximum absolute atomic E-state index is 13.6. The van der Waals surface area contributed by atoms with Crippen LogP contribution in [0.1, 0.15) is 0 Å². The predicted octanol–water partition coefficient (Wildman–Crippen LogP) is 2.57. The largest absolute Gasteiger partial charge is 0.496 e. The Bertz CT molecular complexity index is 482. The van der Waals surface area contributed by atoms with Gasteiger partial charge in [-0.1, -0.05) is 18.2 Å². The number of nitrogens with two attached hydrogens (primary N) is 1. The summed E-state index contributed by atoms with van der Waals surface area (Å²) in [6.07, 6.45) is 0. The van der Waals surface area contributed by atoms with Crippen LogP contribution in [0.2, 0.25) is 0 Å². The Hall–Kier alpha value is -1.77. The topological polar surface area (TPSA) is 35.2 Å². The Kier molecular flexibility index (Phi) is 2.00. The van der Waals surface area contributed by atoms with Crippen molar-refractivity contribution in [3.05, 3.63) is 36.1 Å². The lowest BCUT2D eigenvalue weighted by molar-refractivity contribution is 0.418. The first-order valence-corrected chi connectivity index (χ1v) is 4.24. The smallest absolute Gasteiger partial charge is 0.157 e. The molecule has 2 aromatic carbocycles. The van der Waals surface area contributed by atoms with Crippen molar-refractivity contribution < 1.29 is 9.13 Å². The van der Waals surface area contributed by atoms with Crippen molar-refractivity contribution in [2.75, 3.05) is 12.8 Å². The molecule has 14 heavy (non-hydrogen) atoms. The highest BCUT2D eigenvalue weighted by Gasteiger charge is 2.08. The third-order valence-electron chi connectivity index (χ3n) is 2.19. The van der Waals surface area contributed by atoms with Gasteiger partial charge in [-0.25, -0.2) is 4.39 Å². The molecule has 2 N–H and O–H groups in total. The highest BCUT2D eigenvalue weighted by Crippen LogP contribution is 2.30. The van der Waals surface area contributed by atoms with Gasteiger partial charge in [0.15, 0.2) is 5.82 Å². The summed E-state index contributed by atoms with van der Waals surface area (Å²) in [5.74, 6) is 0.0900. The summed E-state index contributed by atoms with van der Waals surface area (Å²) in [6.45, 7) is 0. The van der Waals surface area contributed by atoms with Crippen LogP contribution in [0.5, 0.6) is 5.75 Å². The van der Waals surface area contributed by atoms with Crippen LogP contribution >= 0.6 is 0 Å². The lowest BCUT2D eigenvalue weighted by Crippen LogP contribution is -1.93. The van der Waals surface area contributed by atoms with E-state index in [1.165, 1.54) is 7.11 Å². The maximum atomic E-state index is 13.6. The maximum Gasteiger partial charge on any atom is 0.157 e. The normalized spacial score (nSPS) is 10.4. The number of hydrogen-bond acceptors (Lipinski definition) is 2. The molecular formula is C11H10FNO. The molecule has 0 unspecified atom stereocenters. The molecule has 0 aliphatic carbocycles. The lowest BCUT2D eigenvalue weighted by atomic mass is 10.1. The third-order valence-corrected chi connectivity index (χ3v) is 2.19. The molecule has 72 valence electrons. The van der Waals surface area contributed by atoms with E-state index in [0.717, 1.165) is 5.39 Å². The molecule has 0 aromatic heterocycles. The summed E-state index contributed by atoms with van der Waals surface area (Å²) in [5, 5.41) is 1.23. The zero-order chi connectivity index (χ0) is 10.1. The van der Waals surface area contributed by atoms with Crippen molar-refractivity contribution in [2.45, 2.75) is 0 Å². The number of fused-ring (bicyclic) bond motifs is 1. The summed E-state index contributed by atoms with van der Waals surface area (Å²) < 4.78 is 18.7. The fraction of sp³-hybridized carbons (Fsp3) is 0.0909. The molecule has 0 aliphatic heterocycles. The van der Waals surface area contributed by atoms with Crippen molar-refractivity contribution in [3.8, 4) is 5.75 Å². The zero-order valence-corrected chi connectivity index (χ0v) is 7.75. The van der Waals surface area contributed by atoms with Gasteiger partial charge in [-0.05, 0) is 17.5 Å². The highest BCUT2D eigenvalue weighted by molar-refractivity contribution is 5.91. The molecule has 0 atom stereocenters. The Morgan fingerprint density at radius 3 is 2.71 bits per heavy atom. The van der Waals surface area contributed by atoms with E-state index in [1.807, 2.05) is 12.1 Å². The SMILES string of the molecule is COc1cccc2ccc(N)c(F)c12. The average Bonchev–Trinajstić information content (AvgIpc) is 2.23. The average molecular weight is 191 g/mol. The number of anilines is 1. The van der Waals surface area contributed by atoms with Crippen molar-refractivity contribution in [1.82, 2.24) is 0 Å². The molecule has 0 spiro atoms. The van der Waals surface area contributed by atoms with Crippen LogP contribution in [0, 0.1) is 5.82 Å². The number of nitrogen functional groups attached to an aromatic ring is 1. The number of benzene rings is 2. The van der Waals surface area contributed by atoms with Gasteiger partial charge in [0.1, 0.15) is 5.75 Å². The van der Waals surface area contributed by atoms with Crippen molar-refractivity contribution in [3.63, 3.8) is 0 Å². The summed E-state index contributed by atoms with van der Waals surface area (Å²) in [5.41, 5.74) is 5.62. The van der Waals surface area contributed by atoms with Gasteiger partial charge >= 0.3 is 0 Å². The Morgan fingerprint density at radius 2 is 2.00 bits per heavy atom. The van der Waals surface area contributed by atoms with Crippen molar-refractivity contribution >= 4 is 16.5 Å². The fourth-order valence-corrected chi connectivity index (χ4v) is 1.49.